The number of amides is 3. The predicted octanol–water partition coefficient (Wildman–Crippen LogP) is 2.84. The molecule has 0 bridgehead atoms. The lowest BCUT2D eigenvalue weighted by molar-refractivity contribution is -0.129. The molecule has 132 valence electrons. The number of likely N-dealkylation sites (N-methyl/N-ethyl adjacent to an activating group) is 1. The molecule has 1 heterocycles. The van der Waals surface area contributed by atoms with Crippen LogP contribution in [0, 0.1) is 5.82 Å². The summed E-state index contributed by atoms with van der Waals surface area (Å²) in [5, 5.41) is 2.54. The summed E-state index contributed by atoms with van der Waals surface area (Å²) < 4.78 is 13.1. The number of hydrogen-bond donors (Lipinski definition) is 1. The van der Waals surface area contributed by atoms with E-state index in [0.717, 1.165) is 12.0 Å². The Kier molecular flexibility index (Phi) is 6.48. The zero-order valence-corrected chi connectivity index (χ0v) is 15.1. The van der Waals surface area contributed by atoms with E-state index in [-0.39, 0.29) is 28.4 Å². The first-order valence-electron chi connectivity index (χ1n) is 8.14. The van der Waals surface area contributed by atoms with Gasteiger partial charge in [0.1, 0.15) is 11.2 Å². The number of benzene rings is 1. The van der Waals surface area contributed by atoms with E-state index in [9.17, 15) is 14.0 Å². The summed E-state index contributed by atoms with van der Waals surface area (Å²) in [7, 11) is 1.72. The van der Waals surface area contributed by atoms with Crippen LogP contribution in [-0.4, -0.2) is 53.7 Å². The van der Waals surface area contributed by atoms with Crippen LogP contribution in [0.5, 0.6) is 0 Å². The van der Waals surface area contributed by atoms with Gasteiger partial charge < -0.3 is 15.1 Å². The predicted molar refractivity (Wildman–Crippen MR) is 94.2 cm³/mol. The summed E-state index contributed by atoms with van der Waals surface area (Å²) in [5.74, 6) is -0.239. The number of urea groups is 1. The van der Waals surface area contributed by atoms with E-state index >= 15 is 0 Å². The molecule has 0 aliphatic carbocycles. The molecule has 0 aromatic heterocycles. The van der Waals surface area contributed by atoms with Gasteiger partial charge in [-0.05, 0) is 31.0 Å². The van der Waals surface area contributed by atoms with Crippen molar-refractivity contribution in [2.24, 2.45) is 0 Å². The third kappa shape index (κ3) is 4.41. The van der Waals surface area contributed by atoms with Crippen molar-refractivity contribution in [3.05, 3.63) is 35.6 Å². The Morgan fingerprint density at radius 1 is 1.38 bits per heavy atom. The van der Waals surface area contributed by atoms with Crippen molar-refractivity contribution >= 4 is 23.7 Å². The zero-order chi connectivity index (χ0) is 17.7. The first-order chi connectivity index (χ1) is 11.4. The van der Waals surface area contributed by atoms with Crippen molar-refractivity contribution in [3.8, 4) is 0 Å². The summed E-state index contributed by atoms with van der Waals surface area (Å²) in [6, 6.07) is 6.10. The average molecular weight is 353 g/mol. The molecule has 0 saturated carbocycles. The Bertz CT molecular complexity index is 582. The number of nitrogens with one attached hydrogen (secondary N) is 1. The molecule has 5 nitrogen and oxygen atoms in total. The minimum absolute atomic E-state index is 0.0525. The Morgan fingerprint density at radius 2 is 2.04 bits per heavy atom. The van der Waals surface area contributed by atoms with E-state index < -0.39 is 0 Å². The molecule has 3 amide bonds. The van der Waals surface area contributed by atoms with Crippen LogP contribution < -0.4 is 5.32 Å². The summed E-state index contributed by atoms with van der Waals surface area (Å²) in [6.45, 7) is 5.41. The molecular weight excluding hydrogens is 329 g/mol. The number of rotatable bonds is 6. The second-order valence-corrected chi connectivity index (χ2v) is 7.29. The third-order valence-electron chi connectivity index (χ3n) is 3.95. The second kappa shape index (κ2) is 8.37. The minimum Gasteiger partial charge on any atom is -0.338 e. The molecular formula is C17H24FN3O2S. The monoisotopic (exact) mass is 353 g/mol. The summed E-state index contributed by atoms with van der Waals surface area (Å²) in [4.78, 5) is 27.7. The van der Waals surface area contributed by atoms with Gasteiger partial charge in [-0.25, -0.2) is 9.18 Å². The average Bonchev–Trinajstić information content (AvgIpc) is 2.86. The van der Waals surface area contributed by atoms with Crippen LogP contribution in [0.15, 0.2) is 24.3 Å². The van der Waals surface area contributed by atoms with Crippen molar-refractivity contribution in [1.29, 1.82) is 0 Å². The van der Waals surface area contributed by atoms with Gasteiger partial charge in [-0.1, -0.05) is 19.1 Å². The Hall–Kier alpha value is -1.76. The fourth-order valence-corrected chi connectivity index (χ4v) is 3.82. The maximum Gasteiger partial charge on any atom is 0.317 e. The third-order valence-corrected chi connectivity index (χ3v) is 5.35. The Morgan fingerprint density at radius 3 is 2.67 bits per heavy atom. The molecule has 2 rings (SSSR count). The summed E-state index contributed by atoms with van der Waals surface area (Å²) in [5.41, 5.74) is 0.900. The van der Waals surface area contributed by atoms with E-state index in [2.05, 4.69) is 5.32 Å². The smallest absolute Gasteiger partial charge is 0.317 e. The van der Waals surface area contributed by atoms with Crippen LogP contribution in [0.3, 0.4) is 0 Å². The normalized spacial score (nSPS) is 20.3. The van der Waals surface area contributed by atoms with Gasteiger partial charge in [0.2, 0.25) is 5.91 Å². The lowest BCUT2D eigenvalue weighted by Crippen LogP contribution is -2.43. The molecule has 24 heavy (non-hydrogen) atoms. The van der Waals surface area contributed by atoms with Gasteiger partial charge in [0, 0.05) is 26.7 Å². The molecule has 0 spiro atoms. The van der Waals surface area contributed by atoms with Crippen molar-refractivity contribution in [1.82, 2.24) is 15.1 Å². The largest absolute Gasteiger partial charge is 0.338 e. The molecule has 1 aromatic carbocycles. The van der Waals surface area contributed by atoms with Crippen molar-refractivity contribution in [3.63, 3.8) is 0 Å². The molecule has 1 aliphatic rings. The SMILES string of the molecule is CCCNC(=O)N(C)CCN1C(=O)[C@@H](C)S[C@H]1c1ccc(F)cc1. The number of carbonyl (C=O) groups is 2. The Labute approximate surface area is 146 Å². The van der Waals surface area contributed by atoms with Crippen LogP contribution >= 0.6 is 11.8 Å². The van der Waals surface area contributed by atoms with Gasteiger partial charge in [-0.3, -0.25) is 4.79 Å². The van der Waals surface area contributed by atoms with Gasteiger partial charge in [0.25, 0.3) is 0 Å². The van der Waals surface area contributed by atoms with Gasteiger partial charge in [-0.2, -0.15) is 0 Å². The fraction of sp³-hybridized carbons (Fsp3) is 0.529. The van der Waals surface area contributed by atoms with Gasteiger partial charge >= 0.3 is 6.03 Å². The minimum atomic E-state index is -0.292. The number of nitrogens with zero attached hydrogens (tertiary/aromatic N) is 2. The standard InChI is InChI=1S/C17H24FN3O2S/c1-4-9-19-17(23)20(3)10-11-21-15(22)12(2)24-16(21)13-5-7-14(18)8-6-13/h5-8,12,16H,4,9-11H2,1-3H3,(H,19,23)/t12-,16+/m1/s1. The van der Waals surface area contributed by atoms with E-state index in [1.54, 1.807) is 40.7 Å². The maximum absolute atomic E-state index is 13.1. The van der Waals surface area contributed by atoms with Crippen LogP contribution in [0.4, 0.5) is 9.18 Å². The zero-order valence-electron chi connectivity index (χ0n) is 14.3. The highest BCUT2D eigenvalue weighted by Gasteiger charge is 2.38. The van der Waals surface area contributed by atoms with Crippen LogP contribution in [0.25, 0.3) is 0 Å². The summed E-state index contributed by atoms with van der Waals surface area (Å²) >= 11 is 1.55. The molecule has 0 unspecified atom stereocenters. The van der Waals surface area contributed by atoms with E-state index in [1.165, 1.54) is 12.1 Å². The number of hydrogen-bond acceptors (Lipinski definition) is 3. The molecule has 1 N–H and O–H groups in total. The molecule has 1 aromatic rings. The van der Waals surface area contributed by atoms with Gasteiger partial charge in [-0.15, -0.1) is 11.8 Å². The van der Waals surface area contributed by atoms with Gasteiger partial charge in [0.15, 0.2) is 0 Å². The van der Waals surface area contributed by atoms with Crippen LogP contribution in [-0.2, 0) is 4.79 Å². The lowest BCUT2D eigenvalue weighted by Gasteiger charge is -2.27. The van der Waals surface area contributed by atoms with Crippen molar-refractivity contribution < 1.29 is 14.0 Å². The van der Waals surface area contributed by atoms with Crippen molar-refractivity contribution in [2.75, 3.05) is 26.7 Å². The number of thioether (sulfide) groups is 1. The van der Waals surface area contributed by atoms with Crippen molar-refractivity contribution in [2.45, 2.75) is 30.9 Å². The fourth-order valence-electron chi connectivity index (χ4n) is 2.51. The highest BCUT2D eigenvalue weighted by atomic mass is 32.2. The number of halogens is 1. The highest BCUT2D eigenvalue weighted by Crippen LogP contribution is 2.42. The molecule has 2 atom stereocenters. The Balaban J connectivity index is 2.01. The molecule has 7 heteroatoms. The van der Waals surface area contributed by atoms with E-state index in [4.69, 9.17) is 0 Å². The van der Waals surface area contributed by atoms with Crippen LogP contribution in [0.1, 0.15) is 31.2 Å². The molecule has 1 saturated heterocycles. The first-order valence-corrected chi connectivity index (χ1v) is 9.08. The number of carbonyl (C=O) groups excluding carboxylic acids is 2. The first kappa shape index (κ1) is 18.6. The van der Waals surface area contributed by atoms with Crippen LogP contribution in [0.2, 0.25) is 0 Å². The molecule has 1 fully saturated rings. The summed E-state index contributed by atoms with van der Waals surface area (Å²) in [6.07, 6.45) is 0.880. The quantitative estimate of drug-likeness (QED) is 0.856. The highest BCUT2D eigenvalue weighted by molar-refractivity contribution is 8.01. The van der Waals surface area contributed by atoms with E-state index in [0.29, 0.717) is 19.6 Å². The molecule has 0 radical (unpaired) electrons. The van der Waals surface area contributed by atoms with Gasteiger partial charge in [0.05, 0.1) is 5.25 Å². The maximum atomic E-state index is 13.1. The lowest BCUT2D eigenvalue weighted by atomic mass is 10.2. The molecule has 1 aliphatic heterocycles. The van der Waals surface area contributed by atoms with E-state index in [1.807, 2.05) is 13.8 Å². The second-order valence-electron chi connectivity index (χ2n) is 5.87. The topological polar surface area (TPSA) is 52.7 Å².